The Morgan fingerprint density at radius 3 is 2.60 bits per heavy atom. The number of terminal acetylenes is 1. The first-order chi connectivity index (χ1) is 9.64. The van der Waals surface area contributed by atoms with Gasteiger partial charge < -0.3 is 5.32 Å². The number of hydrogen-bond donors (Lipinski definition) is 1. The molecule has 0 saturated heterocycles. The maximum atomic E-state index is 12.3. The predicted molar refractivity (Wildman–Crippen MR) is 81.4 cm³/mol. The number of hydrogen-bond acceptors (Lipinski definition) is 2. The van der Waals surface area contributed by atoms with Gasteiger partial charge in [0.15, 0.2) is 0 Å². The summed E-state index contributed by atoms with van der Waals surface area (Å²) in [6.45, 7) is 3.94. The average Bonchev–Trinajstić information content (AvgIpc) is 2.52. The fraction of sp³-hybridized carbons (Fsp3) is 0.294. The number of nitrogens with zero attached hydrogens (tertiary/aromatic N) is 1. The van der Waals surface area contributed by atoms with E-state index in [1.165, 1.54) is 0 Å². The normalized spacial score (nSPS) is 11.1. The largest absolute Gasteiger partial charge is 0.334 e. The topological polar surface area (TPSA) is 42.0 Å². The van der Waals surface area contributed by atoms with E-state index >= 15 is 0 Å². The number of pyridine rings is 1. The van der Waals surface area contributed by atoms with Crippen LogP contribution >= 0.6 is 0 Å². The van der Waals surface area contributed by atoms with Crippen LogP contribution < -0.4 is 5.32 Å². The molecule has 0 radical (unpaired) electrons. The number of benzene rings is 1. The summed E-state index contributed by atoms with van der Waals surface area (Å²) < 4.78 is 0. The van der Waals surface area contributed by atoms with Crippen LogP contribution in [0.4, 0.5) is 0 Å². The monoisotopic (exact) mass is 266 g/mol. The summed E-state index contributed by atoms with van der Waals surface area (Å²) >= 11 is 0. The van der Waals surface area contributed by atoms with E-state index in [0.717, 1.165) is 10.9 Å². The molecule has 0 spiro atoms. The summed E-state index contributed by atoms with van der Waals surface area (Å²) in [5, 5.41) is 3.94. The number of aromatic nitrogens is 1. The van der Waals surface area contributed by atoms with Gasteiger partial charge in [0.2, 0.25) is 0 Å². The number of para-hydroxylation sites is 1. The molecule has 0 saturated carbocycles. The van der Waals surface area contributed by atoms with Gasteiger partial charge in [-0.05, 0) is 25.0 Å². The highest BCUT2D eigenvalue weighted by Gasteiger charge is 2.26. The van der Waals surface area contributed by atoms with E-state index in [2.05, 4.69) is 16.2 Å². The molecule has 2 aromatic rings. The Bertz CT molecular complexity index is 666. The van der Waals surface area contributed by atoms with E-state index in [-0.39, 0.29) is 5.91 Å². The highest BCUT2D eigenvalue weighted by molar-refractivity contribution is 5.95. The lowest BCUT2D eigenvalue weighted by molar-refractivity contribution is 0.0911. The third-order valence-corrected chi connectivity index (χ3v) is 3.67. The summed E-state index contributed by atoms with van der Waals surface area (Å²) in [6, 6.07) is 11.3. The summed E-state index contributed by atoms with van der Waals surface area (Å²) in [5.74, 6) is 2.47. The molecule has 0 atom stereocenters. The van der Waals surface area contributed by atoms with Crippen LogP contribution in [0, 0.1) is 12.3 Å². The van der Waals surface area contributed by atoms with Crippen LogP contribution in [0.3, 0.4) is 0 Å². The minimum atomic E-state index is -0.593. The van der Waals surface area contributed by atoms with Gasteiger partial charge in [-0.3, -0.25) is 4.79 Å². The fourth-order valence-corrected chi connectivity index (χ4v) is 2.14. The molecule has 2 rings (SSSR count). The van der Waals surface area contributed by atoms with Gasteiger partial charge in [-0.25, -0.2) is 4.98 Å². The number of nitrogens with one attached hydrogen (secondary N) is 1. The predicted octanol–water partition coefficient (Wildman–Crippen LogP) is 3.16. The van der Waals surface area contributed by atoms with Gasteiger partial charge >= 0.3 is 0 Å². The van der Waals surface area contributed by atoms with Crippen LogP contribution in [0.5, 0.6) is 0 Å². The molecule has 20 heavy (non-hydrogen) atoms. The zero-order valence-electron chi connectivity index (χ0n) is 11.8. The molecule has 102 valence electrons. The van der Waals surface area contributed by atoms with Crippen LogP contribution in [-0.2, 0) is 0 Å². The Morgan fingerprint density at radius 2 is 1.95 bits per heavy atom. The third-order valence-electron chi connectivity index (χ3n) is 3.67. The summed E-state index contributed by atoms with van der Waals surface area (Å²) in [6.07, 6.45) is 6.95. The first-order valence-electron chi connectivity index (χ1n) is 6.80. The number of fused-ring (bicyclic) bond motifs is 1. The maximum absolute atomic E-state index is 12.3. The van der Waals surface area contributed by atoms with Gasteiger partial charge in [-0.1, -0.05) is 44.0 Å². The first kappa shape index (κ1) is 14.1. The lowest BCUT2D eigenvalue weighted by Crippen LogP contribution is -2.46. The Kier molecular flexibility index (Phi) is 4.05. The average molecular weight is 266 g/mol. The molecule has 0 aliphatic rings. The standard InChI is InChI=1S/C17H18N2O/c1-4-17(5-2,6-3)19-16(20)15-12-11-13-9-7-8-10-14(13)18-15/h1,7-12H,5-6H2,2-3H3,(H,19,20). The molecule has 3 heteroatoms. The molecule has 0 bridgehead atoms. The molecule has 1 heterocycles. The third kappa shape index (κ3) is 2.65. The Hall–Kier alpha value is -2.34. The van der Waals surface area contributed by atoms with Crippen LogP contribution in [0.15, 0.2) is 36.4 Å². The van der Waals surface area contributed by atoms with Crippen molar-refractivity contribution < 1.29 is 4.79 Å². The number of carbonyl (C=O) groups excluding carboxylic acids is 1. The van der Waals surface area contributed by atoms with E-state index in [9.17, 15) is 4.79 Å². The first-order valence-corrected chi connectivity index (χ1v) is 6.80. The minimum Gasteiger partial charge on any atom is -0.334 e. The van der Waals surface area contributed by atoms with Gasteiger partial charge in [0.25, 0.3) is 5.91 Å². The zero-order valence-corrected chi connectivity index (χ0v) is 11.8. The van der Waals surface area contributed by atoms with Crippen molar-refractivity contribution in [1.29, 1.82) is 0 Å². The van der Waals surface area contributed by atoms with Gasteiger partial charge in [-0.2, -0.15) is 0 Å². The van der Waals surface area contributed by atoms with Gasteiger partial charge in [0.05, 0.1) is 5.52 Å². The molecule has 1 aromatic carbocycles. The molecular formula is C17H18N2O. The molecule has 3 nitrogen and oxygen atoms in total. The molecule has 1 amide bonds. The molecule has 0 aliphatic carbocycles. The quantitative estimate of drug-likeness (QED) is 0.864. The Morgan fingerprint density at radius 1 is 1.25 bits per heavy atom. The summed E-state index contributed by atoms with van der Waals surface area (Å²) in [5.41, 5.74) is 0.606. The van der Waals surface area contributed by atoms with E-state index in [0.29, 0.717) is 18.5 Å². The van der Waals surface area contributed by atoms with Crippen LogP contribution in [0.1, 0.15) is 37.2 Å². The molecule has 0 unspecified atom stereocenters. The molecule has 1 N–H and O–H groups in total. The second-order valence-corrected chi connectivity index (χ2v) is 4.78. The van der Waals surface area contributed by atoms with E-state index in [1.54, 1.807) is 6.07 Å². The van der Waals surface area contributed by atoms with Crippen molar-refractivity contribution in [3.05, 3.63) is 42.1 Å². The van der Waals surface area contributed by atoms with Crippen molar-refractivity contribution in [1.82, 2.24) is 10.3 Å². The minimum absolute atomic E-state index is 0.225. The smallest absolute Gasteiger partial charge is 0.271 e. The Balaban J connectivity index is 2.30. The van der Waals surface area contributed by atoms with Crippen molar-refractivity contribution in [2.45, 2.75) is 32.2 Å². The second kappa shape index (κ2) is 5.75. The lowest BCUT2D eigenvalue weighted by Gasteiger charge is -2.26. The maximum Gasteiger partial charge on any atom is 0.271 e. The molecule has 0 fully saturated rings. The van der Waals surface area contributed by atoms with Crippen LogP contribution in [0.25, 0.3) is 10.9 Å². The van der Waals surface area contributed by atoms with Crippen molar-refractivity contribution in [3.63, 3.8) is 0 Å². The van der Waals surface area contributed by atoms with Crippen molar-refractivity contribution in [2.75, 3.05) is 0 Å². The highest BCUT2D eigenvalue weighted by atomic mass is 16.2. The van der Waals surface area contributed by atoms with Crippen LogP contribution in [0.2, 0.25) is 0 Å². The van der Waals surface area contributed by atoms with Gasteiger partial charge in [0, 0.05) is 5.39 Å². The van der Waals surface area contributed by atoms with Gasteiger partial charge in [-0.15, -0.1) is 6.42 Å². The molecule has 1 aromatic heterocycles. The van der Waals surface area contributed by atoms with Crippen molar-refractivity contribution >= 4 is 16.8 Å². The Labute approximate surface area is 119 Å². The van der Waals surface area contributed by atoms with E-state index < -0.39 is 5.54 Å². The second-order valence-electron chi connectivity index (χ2n) is 4.78. The molecule has 0 aliphatic heterocycles. The highest BCUT2D eigenvalue weighted by Crippen LogP contribution is 2.16. The summed E-state index contributed by atoms with van der Waals surface area (Å²) in [4.78, 5) is 16.7. The number of carbonyl (C=O) groups is 1. The zero-order chi connectivity index (χ0) is 14.6. The molecular weight excluding hydrogens is 248 g/mol. The fourth-order valence-electron chi connectivity index (χ4n) is 2.14. The van der Waals surface area contributed by atoms with Gasteiger partial charge in [0.1, 0.15) is 11.2 Å². The SMILES string of the molecule is C#CC(CC)(CC)NC(=O)c1ccc2ccccc2n1. The van der Waals surface area contributed by atoms with Crippen LogP contribution in [-0.4, -0.2) is 16.4 Å². The van der Waals surface area contributed by atoms with E-state index in [1.807, 2.05) is 44.2 Å². The summed E-state index contributed by atoms with van der Waals surface area (Å²) in [7, 11) is 0. The lowest BCUT2D eigenvalue weighted by atomic mass is 9.93. The van der Waals surface area contributed by atoms with Crippen molar-refractivity contribution in [3.8, 4) is 12.3 Å². The van der Waals surface area contributed by atoms with E-state index in [4.69, 9.17) is 6.42 Å². The van der Waals surface area contributed by atoms with Crippen molar-refractivity contribution in [2.24, 2.45) is 0 Å². The number of rotatable bonds is 4. The number of amides is 1.